The van der Waals surface area contributed by atoms with E-state index in [1.807, 2.05) is 36.4 Å². The summed E-state index contributed by atoms with van der Waals surface area (Å²) in [5.41, 5.74) is 7.19. The Kier molecular flexibility index (Phi) is 4.42. The van der Waals surface area contributed by atoms with Gasteiger partial charge in [-0.1, -0.05) is 48.0 Å². The fourth-order valence-electron chi connectivity index (χ4n) is 4.91. The Bertz CT molecular complexity index is 1250. The number of allylic oxidation sites excluding steroid dienone is 1. The molecule has 0 radical (unpaired) electrons. The summed E-state index contributed by atoms with van der Waals surface area (Å²) in [6, 6.07) is 22.3. The molecule has 2 atom stereocenters. The lowest BCUT2D eigenvalue weighted by Gasteiger charge is -2.30. The van der Waals surface area contributed by atoms with Crippen LogP contribution in [0.15, 0.2) is 78.0 Å². The van der Waals surface area contributed by atoms with Crippen LogP contribution in [-0.4, -0.2) is 12.6 Å². The van der Waals surface area contributed by atoms with Gasteiger partial charge in [-0.2, -0.15) is 0 Å². The molecule has 5 heteroatoms. The Morgan fingerprint density at radius 1 is 0.844 bits per heavy atom. The van der Waals surface area contributed by atoms with Gasteiger partial charge >= 0.3 is 0 Å². The van der Waals surface area contributed by atoms with Gasteiger partial charge in [-0.15, -0.1) is 0 Å². The molecule has 2 N–H and O–H groups in total. The summed E-state index contributed by atoms with van der Waals surface area (Å²) in [6.07, 6.45) is 1.30. The molecule has 3 aromatic rings. The second-order valence-electron chi connectivity index (χ2n) is 8.69. The molecule has 0 fully saturated rings. The number of ether oxygens (including phenoxy) is 2. The minimum absolute atomic E-state index is 0.164. The topological polar surface area (TPSA) is 59.6 Å². The van der Waals surface area contributed by atoms with Crippen molar-refractivity contribution in [3.63, 3.8) is 0 Å². The monoisotopic (exact) mass is 424 g/mol. The van der Waals surface area contributed by atoms with Gasteiger partial charge in [0.05, 0.1) is 17.4 Å². The van der Waals surface area contributed by atoms with E-state index in [-0.39, 0.29) is 24.5 Å². The van der Waals surface area contributed by atoms with Gasteiger partial charge in [0.2, 0.25) is 6.79 Å². The lowest BCUT2D eigenvalue weighted by Crippen LogP contribution is -2.26. The first-order chi connectivity index (χ1) is 15.7. The average Bonchev–Trinajstić information content (AvgIpc) is 3.20. The van der Waals surface area contributed by atoms with E-state index in [1.54, 1.807) is 0 Å². The number of carbonyl (C=O) groups excluding carboxylic acids is 1. The van der Waals surface area contributed by atoms with Crippen LogP contribution in [0.25, 0.3) is 0 Å². The maximum atomic E-state index is 13.6. The van der Waals surface area contributed by atoms with Gasteiger partial charge in [0, 0.05) is 17.7 Å². The van der Waals surface area contributed by atoms with Crippen LogP contribution in [0.2, 0.25) is 0 Å². The lowest BCUT2D eigenvalue weighted by molar-refractivity contribution is -0.116. The number of benzene rings is 3. The number of fused-ring (bicyclic) bond motifs is 2. The van der Waals surface area contributed by atoms with E-state index >= 15 is 0 Å². The van der Waals surface area contributed by atoms with E-state index in [9.17, 15) is 4.79 Å². The summed E-state index contributed by atoms with van der Waals surface area (Å²) in [5.74, 6) is 1.80. The van der Waals surface area contributed by atoms with Gasteiger partial charge in [-0.3, -0.25) is 4.79 Å². The van der Waals surface area contributed by atoms with Gasteiger partial charge in [0.15, 0.2) is 17.3 Å². The predicted octanol–water partition coefficient (Wildman–Crippen LogP) is 5.70. The fraction of sp³-hybridized carbons (Fsp3) is 0.222. The van der Waals surface area contributed by atoms with Gasteiger partial charge in [0.25, 0.3) is 0 Å². The molecule has 0 saturated heterocycles. The first-order valence-electron chi connectivity index (χ1n) is 11.0. The van der Waals surface area contributed by atoms with Gasteiger partial charge in [0.1, 0.15) is 0 Å². The van der Waals surface area contributed by atoms with Crippen LogP contribution in [0.4, 0.5) is 11.4 Å². The third-order valence-electron chi connectivity index (χ3n) is 6.59. The van der Waals surface area contributed by atoms with Crippen LogP contribution in [-0.2, 0) is 4.79 Å². The molecule has 1 aliphatic carbocycles. The minimum Gasteiger partial charge on any atom is -0.454 e. The maximum absolute atomic E-state index is 13.6. The molecular formula is C27H24N2O3. The molecule has 0 aromatic heterocycles. The number of aryl methyl sites for hydroxylation is 1. The van der Waals surface area contributed by atoms with Crippen molar-refractivity contribution in [2.75, 3.05) is 17.4 Å². The molecular weight excluding hydrogens is 400 g/mol. The zero-order valence-corrected chi connectivity index (χ0v) is 17.9. The van der Waals surface area contributed by atoms with Gasteiger partial charge in [-0.05, 0) is 54.7 Å². The molecule has 3 aliphatic rings. The molecule has 0 amide bonds. The average molecular weight is 425 g/mol. The van der Waals surface area contributed by atoms with Crippen molar-refractivity contribution in [2.24, 2.45) is 0 Å². The number of anilines is 2. The number of Topliss-reactive ketones (excluding diaryl/α,β-unsaturated/α-hetero) is 1. The largest absolute Gasteiger partial charge is 0.454 e. The number of carbonyl (C=O) groups is 1. The summed E-state index contributed by atoms with van der Waals surface area (Å²) in [5, 5.41) is 7.22. The van der Waals surface area contributed by atoms with Gasteiger partial charge in [-0.25, -0.2) is 0 Å². The zero-order chi connectivity index (χ0) is 21.7. The highest BCUT2D eigenvalue weighted by atomic mass is 16.7. The summed E-state index contributed by atoms with van der Waals surface area (Å²) >= 11 is 0. The first-order valence-corrected chi connectivity index (χ1v) is 11.0. The molecule has 3 aromatic carbocycles. The van der Waals surface area contributed by atoms with Crippen LogP contribution in [0, 0.1) is 6.92 Å². The van der Waals surface area contributed by atoms with Gasteiger partial charge < -0.3 is 20.1 Å². The van der Waals surface area contributed by atoms with Crippen LogP contribution in [0.3, 0.4) is 0 Å². The van der Waals surface area contributed by atoms with Crippen molar-refractivity contribution >= 4 is 17.2 Å². The van der Waals surface area contributed by atoms with E-state index in [0.717, 1.165) is 46.1 Å². The third-order valence-corrected chi connectivity index (χ3v) is 6.59. The number of para-hydroxylation sites is 2. The standard InChI is InChI=1S/C27H24N2O3/c1-16-6-8-17(9-7-16)19-12-22-26(23(30)13-19)27(29-21-5-3-2-4-20(21)28-22)18-10-11-24-25(14-18)32-15-31-24/h2-11,14,19,27-29H,12-13,15H2,1H3/t19-,27+/m0/s1. The van der Waals surface area contributed by atoms with E-state index in [4.69, 9.17) is 9.47 Å². The second kappa shape index (κ2) is 7.45. The molecule has 5 nitrogen and oxygen atoms in total. The molecule has 0 spiro atoms. The SMILES string of the molecule is Cc1ccc([C@@H]2CC(=O)C3=C(C2)Nc2ccccc2N[C@@H]3c2ccc3c(c2)OCO3)cc1. The zero-order valence-electron chi connectivity index (χ0n) is 17.9. The van der Waals surface area contributed by atoms with Crippen LogP contribution >= 0.6 is 0 Å². The molecule has 0 bridgehead atoms. The minimum atomic E-state index is -0.262. The van der Waals surface area contributed by atoms with Crippen LogP contribution in [0.5, 0.6) is 11.5 Å². The number of ketones is 1. The highest BCUT2D eigenvalue weighted by Crippen LogP contribution is 2.45. The third kappa shape index (κ3) is 3.21. The first kappa shape index (κ1) is 19.0. The number of hydrogen-bond acceptors (Lipinski definition) is 5. The summed E-state index contributed by atoms with van der Waals surface area (Å²) in [6.45, 7) is 2.31. The molecule has 6 rings (SSSR count). The Hall–Kier alpha value is -3.73. The summed E-state index contributed by atoms with van der Waals surface area (Å²) in [7, 11) is 0. The normalized spacial score (nSPS) is 21.2. The molecule has 2 aliphatic heterocycles. The Morgan fingerprint density at radius 3 is 2.44 bits per heavy atom. The smallest absolute Gasteiger partial charge is 0.231 e. The van der Waals surface area contributed by atoms with Crippen molar-refractivity contribution in [3.8, 4) is 11.5 Å². The highest BCUT2D eigenvalue weighted by Gasteiger charge is 2.36. The Morgan fingerprint density at radius 2 is 1.59 bits per heavy atom. The second-order valence-corrected chi connectivity index (χ2v) is 8.69. The Balaban J connectivity index is 1.45. The molecule has 160 valence electrons. The van der Waals surface area contributed by atoms with E-state index in [2.05, 4.69) is 47.9 Å². The molecule has 2 heterocycles. The molecule has 0 saturated carbocycles. The van der Waals surface area contributed by atoms with Crippen molar-refractivity contribution in [1.29, 1.82) is 0 Å². The number of rotatable bonds is 2. The van der Waals surface area contributed by atoms with Crippen LogP contribution < -0.4 is 20.1 Å². The van der Waals surface area contributed by atoms with Crippen molar-refractivity contribution in [3.05, 3.63) is 94.7 Å². The van der Waals surface area contributed by atoms with E-state index in [1.165, 1.54) is 11.1 Å². The van der Waals surface area contributed by atoms with Crippen molar-refractivity contribution in [1.82, 2.24) is 0 Å². The highest BCUT2D eigenvalue weighted by molar-refractivity contribution is 6.01. The number of nitrogens with one attached hydrogen (secondary N) is 2. The van der Waals surface area contributed by atoms with E-state index in [0.29, 0.717) is 6.42 Å². The van der Waals surface area contributed by atoms with Crippen molar-refractivity contribution in [2.45, 2.75) is 31.7 Å². The Labute approximate surface area is 187 Å². The fourth-order valence-corrected chi connectivity index (χ4v) is 4.91. The van der Waals surface area contributed by atoms with Crippen molar-refractivity contribution < 1.29 is 14.3 Å². The summed E-state index contributed by atoms with van der Waals surface area (Å²) in [4.78, 5) is 13.6. The summed E-state index contributed by atoms with van der Waals surface area (Å²) < 4.78 is 11.1. The van der Waals surface area contributed by atoms with E-state index < -0.39 is 0 Å². The molecule has 32 heavy (non-hydrogen) atoms. The molecule has 0 unspecified atom stereocenters. The quantitative estimate of drug-likeness (QED) is 0.552. The predicted molar refractivity (Wildman–Crippen MR) is 124 cm³/mol. The van der Waals surface area contributed by atoms with Crippen LogP contribution in [0.1, 0.15) is 41.5 Å². The lowest BCUT2D eigenvalue weighted by atomic mass is 9.78. The number of hydrogen-bond donors (Lipinski definition) is 2. The maximum Gasteiger partial charge on any atom is 0.231 e.